The average Bonchev–Trinajstić information content (AvgIpc) is 3.32. The van der Waals surface area contributed by atoms with Gasteiger partial charge >= 0.3 is 0 Å². The molecule has 3 heterocycles. The summed E-state index contributed by atoms with van der Waals surface area (Å²) in [6, 6.07) is 14.1. The predicted molar refractivity (Wildman–Crippen MR) is 138 cm³/mol. The van der Waals surface area contributed by atoms with Crippen LogP contribution in [0.4, 0.5) is 4.39 Å². The second kappa shape index (κ2) is 10.3. The maximum atomic E-state index is 13.4. The highest BCUT2D eigenvalue weighted by molar-refractivity contribution is 6.00. The van der Waals surface area contributed by atoms with Crippen LogP contribution in [-0.2, 0) is 11.3 Å². The van der Waals surface area contributed by atoms with Crippen LogP contribution in [0.3, 0.4) is 0 Å². The zero-order chi connectivity index (χ0) is 25.1. The lowest BCUT2D eigenvalue weighted by molar-refractivity contribution is -0.127. The van der Waals surface area contributed by atoms with Gasteiger partial charge in [-0.05, 0) is 47.9 Å². The number of hydrogen-bond donors (Lipinski definition) is 0. The number of allylic oxidation sites excluding steroid dienone is 1. The molecule has 6 nitrogen and oxygen atoms in total. The van der Waals surface area contributed by atoms with E-state index in [1.165, 1.54) is 17.7 Å². The van der Waals surface area contributed by atoms with Crippen LogP contribution >= 0.6 is 0 Å². The molecule has 1 aliphatic rings. The van der Waals surface area contributed by atoms with Gasteiger partial charge in [0.2, 0.25) is 5.91 Å². The van der Waals surface area contributed by atoms with E-state index in [1.54, 1.807) is 37.8 Å². The molecule has 1 amide bonds. The van der Waals surface area contributed by atoms with Gasteiger partial charge in [0, 0.05) is 73.8 Å². The summed E-state index contributed by atoms with van der Waals surface area (Å²) >= 11 is 0. The summed E-state index contributed by atoms with van der Waals surface area (Å²) in [6.07, 6.45) is 7.00. The van der Waals surface area contributed by atoms with Crippen molar-refractivity contribution in [3.63, 3.8) is 0 Å². The maximum Gasteiger partial charge on any atom is 0.246 e. The Bertz CT molecular complexity index is 1390. The van der Waals surface area contributed by atoms with E-state index in [4.69, 9.17) is 9.15 Å². The van der Waals surface area contributed by atoms with Crippen molar-refractivity contribution in [2.75, 3.05) is 33.3 Å². The molecule has 1 aliphatic heterocycles. The molecule has 0 radical (unpaired) electrons. The summed E-state index contributed by atoms with van der Waals surface area (Å²) in [5.74, 6) is 0.330. The number of furan rings is 1. The standard InChI is InChI=1S/C29H28FN3O3/c1-20(14-29(34)33-12-10-32(11-13-33)18-21-4-3-9-31-17-21)24-15-25-26(22-5-7-23(30)8-6-22)19-36-28(25)16-27(24)35-2/h3-9,14-17,19H,10-13,18H2,1-2H3/b20-14+. The molecular weight excluding hydrogens is 457 g/mol. The lowest BCUT2D eigenvalue weighted by Gasteiger charge is -2.34. The lowest BCUT2D eigenvalue weighted by atomic mass is 9.99. The fraction of sp³-hybridized carbons (Fsp3) is 0.241. The highest BCUT2D eigenvalue weighted by Gasteiger charge is 2.21. The number of halogens is 1. The van der Waals surface area contributed by atoms with Crippen molar-refractivity contribution in [2.24, 2.45) is 0 Å². The van der Waals surface area contributed by atoms with Gasteiger partial charge in [0.15, 0.2) is 0 Å². The van der Waals surface area contributed by atoms with E-state index in [9.17, 15) is 9.18 Å². The van der Waals surface area contributed by atoms with Gasteiger partial charge in [-0.2, -0.15) is 0 Å². The fourth-order valence-electron chi connectivity index (χ4n) is 4.62. The molecule has 0 saturated carbocycles. The highest BCUT2D eigenvalue weighted by Crippen LogP contribution is 2.37. The Morgan fingerprint density at radius 3 is 2.61 bits per heavy atom. The number of carbonyl (C=O) groups is 1. The summed E-state index contributed by atoms with van der Waals surface area (Å²) in [6.45, 7) is 5.74. The van der Waals surface area contributed by atoms with Crippen LogP contribution in [0.25, 0.3) is 27.7 Å². The molecule has 0 unspecified atom stereocenters. The Morgan fingerprint density at radius 1 is 1.14 bits per heavy atom. The molecule has 0 atom stereocenters. The van der Waals surface area contributed by atoms with Gasteiger partial charge in [-0.1, -0.05) is 18.2 Å². The molecule has 5 rings (SSSR count). The quantitative estimate of drug-likeness (QED) is 0.343. The molecule has 2 aromatic carbocycles. The zero-order valence-electron chi connectivity index (χ0n) is 20.4. The smallest absolute Gasteiger partial charge is 0.246 e. The molecular formula is C29H28FN3O3. The normalized spacial score (nSPS) is 14.9. The van der Waals surface area contributed by atoms with Gasteiger partial charge < -0.3 is 14.1 Å². The van der Waals surface area contributed by atoms with Crippen molar-refractivity contribution in [3.05, 3.63) is 90.2 Å². The molecule has 0 bridgehead atoms. The Kier molecular flexibility index (Phi) is 6.82. The number of aromatic nitrogens is 1. The Morgan fingerprint density at radius 2 is 1.92 bits per heavy atom. The van der Waals surface area contributed by atoms with Crippen LogP contribution in [0.2, 0.25) is 0 Å². The number of hydrogen-bond acceptors (Lipinski definition) is 5. The minimum absolute atomic E-state index is 0.0124. The minimum atomic E-state index is -0.288. The molecule has 0 spiro atoms. The third-order valence-electron chi connectivity index (χ3n) is 6.63. The van der Waals surface area contributed by atoms with Crippen molar-refractivity contribution in [3.8, 4) is 16.9 Å². The zero-order valence-corrected chi connectivity index (χ0v) is 20.4. The van der Waals surface area contributed by atoms with E-state index in [0.717, 1.165) is 47.3 Å². The monoisotopic (exact) mass is 485 g/mol. The Balaban J connectivity index is 1.34. The first-order valence-corrected chi connectivity index (χ1v) is 12.0. The number of methoxy groups -OCH3 is 1. The van der Waals surface area contributed by atoms with E-state index in [0.29, 0.717) is 24.4 Å². The highest BCUT2D eigenvalue weighted by atomic mass is 19.1. The first-order chi connectivity index (χ1) is 17.5. The van der Waals surface area contributed by atoms with E-state index >= 15 is 0 Å². The fourth-order valence-corrected chi connectivity index (χ4v) is 4.62. The largest absolute Gasteiger partial charge is 0.496 e. The molecule has 0 aliphatic carbocycles. The maximum absolute atomic E-state index is 13.4. The van der Waals surface area contributed by atoms with Crippen molar-refractivity contribution >= 4 is 22.4 Å². The van der Waals surface area contributed by atoms with E-state index in [-0.39, 0.29) is 11.7 Å². The van der Waals surface area contributed by atoms with Crippen LogP contribution in [0, 0.1) is 5.82 Å². The van der Waals surface area contributed by atoms with Gasteiger partial charge in [-0.3, -0.25) is 14.7 Å². The number of pyridine rings is 1. The average molecular weight is 486 g/mol. The number of carbonyl (C=O) groups excluding carboxylic acids is 1. The second-order valence-corrected chi connectivity index (χ2v) is 8.99. The minimum Gasteiger partial charge on any atom is -0.496 e. The van der Waals surface area contributed by atoms with Crippen LogP contribution in [-0.4, -0.2) is 54.0 Å². The van der Waals surface area contributed by atoms with Gasteiger partial charge in [0.05, 0.1) is 13.4 Å². The summed E-state index contributed by atoms with van der Waals surface area (Å²) in [5, 5.41) is 0.877. The third-order valence-corrected chi connectivity index (χ3v) is 6.63. The number of fused-ring (bicyclic) bond motifs is 1. The first kappa shape index (κ1) is 23.8. The molecule has 184 valence electrons. The number of rotatable bonds is 6. The summed E-state index contributed by atoms with van der Waals surface area (Å²) in [5.41, 5.74) is 5.18. The number of nitrogens with zero attached hydrogens (tertiary/aromatic N) is 3. The topological polar surface area (TPSA) is 58.8 Å². The molecule has 4 aromatic rings. The molecule has 0 N–H and O–H groups in total. The van der Waals surface area contributed by atoms with E-state index in [1.807, 2.05) is 36.2 Å². The second-order valence-electron chi connectivity index (χ2n) is 8.99. The Labute approximate surface area is 209 Å². The van der Waals surface area contributed by atoms with Crippen molar-refractivity contribution in [2.45, 2.75) is 13.5 Å². The molecule has 1 fully saturated rings. The molecule has 2 aromatic heterocycles. The number of ether oxygens (including phenoxy) is 1. The van der Waals surface area contributed by atoms with Crippen molar-refractivity contribution in [1.29, 1.82) is 0 Å². The molecule has 1 saturated heterocycles. The van der Waals surface area contributed by atoms with E-state index in [2.05, 4.69) is 16.0 Å². The number of amides is 1. The van der Waals surface area contributed by atoms with Gasteiger partial charge in [0.25, 0.3) is 0 Å². The van der Waals surface area contributed by atoms with Crippen LogP contribution in [0.1, 0.15) is 18.1 Å². The van der Waals surface area contributed by atoms with E-state index < -0.39 is 0 Å². The summed E-state index contributed by atoms with van der Waals surface area (Å²) in [4.78, 5) is 21.5. The van der Waals surface area contributed by atoms with Crippen LogP contribution in [0.5, 0.6) is 5.75 Å². The third kappa shape index (κ3) is 5.02. The van der Waals surface area contributed by atoms with Gasteiger partial charge in [0.1, 0.15) is 17.1 Å². The predicted octanol–water partition coefficient (Wildman–Crippen LogP) is 5.39. The van der Waals surface area contributed by atoms with Gasteiger partial charge in [-0.25, -0.2) is 4.39 Å². The summed E-state index contributed by atoms with van der Waals surface area (Å²) < 4.78 is 24.8. The van der Waals surface area contributed by atoms with Crippen LogP contribution in [0.15, 0.2) is 77.7 Å². The Hall–Kier alpha value is -3.97. The van der Waals surface area contributed by atoms with Crippen LogP contribution < -0.4 is 4.74 Å². The SMILES string of the molecule is COc1cc2occ(-c3ccc(F)cc3)c2cc1/C(C)=C/C(=O)N1CCN(Cc2cccnc2)CC1. The summed E-state index contributed by atoms with van der Waals surface area (Å²) in [7, 11) is 1.60. The van der Waals surface area contributed by atoms with Gasteiger partial charge in [-0.15, -0.1) is 0 Å². The van der Waals surface area contributed by atoms with Crippen molar-refractivity contribution in [1.82, 2.24) is 14.8 Å². The lowest BCUT2D eigenvalue weighted by Crippen LogP contribution is -2.47. The van der Waals surface area contributed by atoms with Crippen molar-refractivity contribution < 1.29 is 18.3 Å². The first-order valence-electron chi connectivity index (χ1n) is 12.0. The molecule has 36 heavy (non-hydrogen) atoms. The number of benzene rings is 2. The number of piperazine rings is 1. The molecule has 7 heteroatoms.